The molecule has 0 aliphatic carbocycles. The van der Waals surface area contributed by atoms with Gasteiger partial charge in [-0.3, -0.25) is 4.79 Å². The average molecular weight is 363 g/mol. The van der Waals surface area contributed by atoms with E-state index in [2.05, 4.69) is 10.1 Å². The molecule has 2 aromatic carbocycles. The average Bonchev–Trinajstić information content (AvgIpc) is 3.36. The van der Waals surface area contributed by atoms with Gasteiger partial charge >= 0.3 is 5.97 Å². The molecule has 7 heteroatoms. The van der Waals surface area contributed by atoms with E-state index in [1.165, 1.54) is 0 Å². The van der Waals surface area contributed by atoms with Crippen LogP contribution in [0.4, 0.5) is 5.69 Å². The number of hydrogen-bond donors (Lipinski definition) is 0. The first-order chi connectivity index (χ1) is 13.2. The minimum Gasteiger partial charge on any atom is -0.452 e. The zero-order chi connectivity index (χ0) is 18.6. The molecule has 0 N–H and O–H groups in total. The number of benzene rings is 2. The Kier molecular flexibility index (Phi) is 4.65. The summed E-state index contributed by atoms with van der Waals surface area (Å²) in [5.41, 5.74) is 1.73. The van der Waals surface area contributed by atoms with Gasteiger partial charge in [0.05, 0.1) is 11.3 Å². The van der Waals surface area contributed by atoms with Crippen molar-refractivity contribution in [1.82, 2.24) is 10.1 Å². The number of amides is 1. The van der Waals surface area contributed by atoms with Crippen LogP contribution in [0.15, 0.2) is 59.1 Å². The number of ether oxygens (including phenoxy) is 1. The SMILES string of the molecule is O=C(OCc1nc(-c2ccccc2)no1)c1ccccc1N1CCCC1=O. The Labute approximate surface area is 155 Å². The summed E-state index contributed by atoms with van der Waals surface area (Å²) in [5.74, 6) is 0.117. The van der Waals surface area contributed by atoms with Crippen molar-refractivity contribution >= 4 is 17.6 Å². The standard InChI is InChI=1S/C20H17N3O4/c24-18-11-6-12-23(18)16-10-5-4-9-15(16)20(25)26-13-17-21-19(22-27-17)14-7-2-1-3-8-14/h1-5,7-10H,6,11-13H2. The molecule has 0 bridgehead atoms. The van der Waals surface area contributed by atoms with Gasteiger partial charge in [0, 0.05) is 18.5 Å². The first-order valence-electron chi connectivity index (χ1n) is 8.67. The van der Waals surface area contributed by atoms with E-state index in [0.717, 1.165) is 12.0 Å². The number of para-hydroxylation sites is 1. The van der Waals surface area contributed by atoms with E-state index < -0.39 is 5.97 Å². The van der Waals surface area contributed by atoms with Crippen LogP contribution in [-0.2, 0) is 16.1 Å². The highest BCUT2D eigenvalue weighted by molar-refractivity contribution is 6.03. The normalized spacial score (nSPS) is 13.8. The number of carbonyl (C=O) groups excluding carboxylic acids is 2. The quantitative estimate of drug-likeness (QED) is 0.647. The van der Waals surface area contributed by atoms with Crippen LogP contribution in [0.3, 0.4) is 0 Å². The van der Waals surface area contributed by atoms with Crippen molar-refractivity contribution in [3.05, 3.63) is 66.1 Å². The molecule has 2 heterocycles. The summed E-state index contributed by atoms with van der Waals surface area (Å²) in [5, 5.41) is 3.90. The molecule has 27 heavy (non-hydrogen) atoms. The van der Waals surface area contributed by atoms with Gasteiger partial charge in [-0.2, -0.15) is 4.98 Å². The van der Waals surface area contributed by atoms with E-state index in [1.807, 2.05) is 30.3 Å². The summed E-state index contributed by atoms with van der Waals surface area (Å²) in [7, 11) is 0. The molecule has 136 valence electrons. The molecule has 0 radical (unpaired) electrons. The molecule has 4 rings (SSSR count). The van der Waals surface area contributed by atoms with Crippen molar-refractivity contribution < 1.29 is 18.8 Å². The van der Waals surface area contributed by atoms with E-state index in [0.29, 0.717) is 30.0 Å². The van der Waals surface area contributed by atoms with Crippen LogP contribution in [0.25, 0.3) is 11.4 Å². The first kappa shape index (κ1) is 17.0. The summed E-state index contributed by atoms with van der Waals surface area (Å²) < 4.78 is 10.5. The number of aromatic nitrogens is 2. The lowest BCUT2D eigenvalue weighted by molar-refractivity contribution is -0.117. The topological polar surface area (TPSA) is 85.5 Å². The van der Waals surface area contributed by atoms with Gasteiger partial charge in [0.25, 0.3) is 5.89 Å². The van der Waals surface area contributed by atoms with E-state index in [4.69, 9.17) is 9.26 Å². The maximum Gasteiger partial charge on any atom is 0.340 e. The molecular formula is C20H17N3O4. The van der Waals surface area contributed by atoms with Gasteiger partial charge in [0.2, 0.25) is 11.7 Å². The van der Waals surface area contributed by atoms with E-state index in [1.54, 1.807) is 29.2 Å². The largest absolute Gasteiger partial charge is 0.452 e. The second-order valence-electron chi connectivity index (χ2n) is 6.12. The molecule has 0 atom stereocenters. The molecule has 1 aromatic heterocycles. The molecule has 1 saturated heterocycles. The predicted octanol–water partition coefficient (Wildman–Crippen LogP) is 3.22. The summed E-state index contributed by atoms with van der Waals surface area (Å²) in [6, 6.07) is 16.3. The summed E-state index contributed by atoms with van der Waals surface area (Å²) in [4.78, 5) is 30.4. The molecule has 7 nitrogen and oxygen atoms in total. The van der Waals surface area contributed by atoms with Crippen molar-refractivity contribution in [2.45, 2.75) is 19.4 Å². The van der Waals surface area contributed by atoms with E-state index in [-0.39, 0.29) is 18.4 Å². The van der Waals surface area contributed by atoms with E-state index in [9.17, 15) is 9.59 Å². The molecule has 0 unspecified atom stereocenters. The lowest BCUT2D eigenvalue weighted by Gasteiger charge is -2.18. The molecule has 1 aliphatic rings. The Morgan fingerprint density at radius 2 is 1.89 bits per heavy atom. The van der Waals surface area contributed by atoms with Crippen LogP contribution < -0.4 is 4.90 Å². The minimum atomic E-state index is -0.537. The number of esters is 1. The maximum atomic E-state index is 12.5. The Morgan fingerprint density at radius 3 is 2.67 bits per heavy atom. The van der Waals surface area contributed by atoms with Crippen molar-refractivity contribution in [1.29, 1.82) is 0 Å². The summed E-state index contributed by atoms with van der Waals surface area (Å²) in [6.07, 6.45) is 1.28. The second-order valence-corrected chi connectivity index (χ2v) is 6.12. The Balaban J connectivity index is 1.46. The first-order valence-corrected chi connectivity index (χ1v) is 8.67. The number of anilines is 1. The molecule has 0 saturated carbocycles. The third kappa shape index (κ3) is 3.57. The summed E-state index contributed by atoms with van der Waals surface area (Å²) >= 11 is 0. The van der Waals surface area contributed by atoms with Gasteiger partial charge in [-0.15, -0.1) is 0 Å². The third-order valence-corrected chi connectivity index (χ3v) is 4.31. The van der Waals surface area contributed by atoms with Crippen LogP contribution >= 0.6 is 0 Å². The molecule has 1 amide bonds. The highest BCUT2D eigenvalue weighted by Crippen LogP contribution is 2.26. The van der Waals surface area contributed by atoms with Gasteiger partial charge in [-0.05, 0) is 18.6 Å². The zero-order valence-electron chi connectivity index (χ0n) is 14.5. The molecule has 3 aromatic rings. The van der Waals surface area contributed by atoms with Crippen molar-refractivity contribution in [3.8, 4) is 11.4 Å². The van der Waals surface area contributed by atoms with Crippen LogP contribution in [0.1, 0.15) is 29.1 Å². The van der Waals surface area contributed by atoms with Crippen LogP contribution in [0.5, 0.6) is 0 Å². The van der Waals surface area contributed by atoms with Gasteiger partial charge in [0.1, 0.15) is 0 Å². The Bertz CT molecular complexity index is 968. The maximum absolute atomic E-state index is 12.5. The van der Waals surface area contributed by atoms with Crippen LogP contribution in [0, 0.1) is 0 Å². The van der Waals surface area contributed by atoms with Crippen LogP contribution in [0.2, 0.25) is 0 Å². The van der Waals surface area contributed by atoms with E-state index >= 15 is 0 Å². The second kappa shape index (κ2) is 7.41. The Hall–Kier alpha value is -3.48. The van der Waals surface area contributed by atoms with Crippen LogP contribution in [-0.4, -0.2) is 28.6 Å². The highest BCUT2D eigenvalue weighted by atomic mass is 16.6. The number of nitrogens with zero attached hydrogens (tertiary/aromatic N) is 3. The Morgan fingerprint density at radius 1 is 1.11 bits per heavy atom. The highest BCUT2D eigenvalue weighted by Gasteiger charge is 2.26. The molecule has 1 fully saturated rings. The summed E-state index contributed by atoms with van der Waals surface area (Å²) in [6.45, 7) is 0.466. The van der Waals surface area contributed by atoms with Crippen molar-refractivity contribution in [2.24, 2.45) is 0 Å². The van der Waals surface area contributed by atoms with Crippen molar-refractivity contribution in [3.63, 3.8) is 0 Å². The monoisotopic (exact) mass is 363 g/mol. The molecule has 0 spiro atoms. The number of rotatable bonds is 5. The van der Waals surface area contributed by atoms with Gasteiger partial charge in [-0.25, -0.2) is 4.79 Å². The lowest BCUT2D eigenvalue weighted by atomic mass is 10.1. The molecular weight excluding hydrogens is 346 g/mol. The van der Waals surface area contributed by atoms with Gasteiger partial charge < -0.3 is 14.2 Å². The fraction of sp³-hybridized carbons (Fsp3) is 0.200. The smallest absolute Gasteiger partial charge is 0.340 e. The zero-order valence-corrected chi connectivity index (χ0v) is 14.5. The predicted molar refractivity (Wildman–Crippen MR) is 96.9 cm³/mol. The van der Waals surface area contributed by atoms with Crippen molar-refractivity contribution in [2.75, 3.05) is 11.4 Å². The fourth-order valence-electron chi connectivity index (χ4n) is 3.01. The lowest BCUT2D eigenvalue weighted by Crippen LogP contribution is -2.26. The van der Waals surface area contributed by atoms with Gasteiger partial charge in [-0.1, -0.05) is 47.6 Å². The molecule has 1 aliphatic heterocycles. The number of hydrogen-bond acceptors (Lipinski definition) is 6. The van der Waals surface area contributed by atoms with Gasteiger partial charge in [0.15, 0.2) is 6.61 Å². The number of carbonyl (C=O) groups is 2. The minimum absolute atomic E-state index is 0.0136. The fourth-order valence-corrected chi connectivity index (χ4v) is 3.01. The third-order valence-electron chi connectivity index (χ3n) is 4.31.